The molecule has 0 amide bonds. The first-order chi connectivity index (χ1) is 11.4. The van der Waals surface area contributed by atoms with Gasteiger partial charge in [0.1, 0.15) is 0 Å². The summed E-state index contributed by atoms with van der Waals surface area (Å²) in [5, 5.41) is 4.49. The van der Waals surface area contributed by atoms with Crippen LogP contribution in [0.4, 0.5) is 0 Å². The van der Waals surface area contributed by atoms with Crippen LogP contribution in [0.2, 0.25) is 5.02 Å². The van der Waals surface area contributed by atoms with Crippen molar-refractivity contribution in [3.8, 4) is 0 Å². The molecule has 3 atom stereocenters. The third-order valence-corrected chi connectivity index (χ3v) is 5.60. The summed E-state index contributed by atoms with van der Waals surface area (Å²) in [5.74, 6) is 1.56. The average Bonchev–Trinajstić information content (AvgIpc) is 2.98. The van der Waals surface area contributed by atoms with E-state index in [0.29, 0.717) is 18.1 Å². The lowest BCUT2D eigenvalue weighted by Crippen LogP contribution is -2.67. The summed E-state index contributed by atoms with van der Waals surface area (Å²) in [7, 11) is 2.08. The van der Waals surface area contributed by atoms with E-state index in [1.807, 2.05) is 18.2 Å². The molecule has 1 aromatic carbocycles. The third kappa shape index (κ3) is 4.25. The van der Waals surface area contributed by atoms with Crippen LogP contribution >= 0.6 is 35.6 Å². The predicted octanol–water partition coefficient (Wildman–Crippen LogP) is 4.17. The molecule has 140 valence electrons. The molecule has 1 saturated heterocycles. The van der Waals surface area contributed by atoms with Gasteiger partial charge in [-0.3, -0.25) is 4.99 Å². The lowest BCUT2D eigenvalue weighted by molar-refractivity contribution is -0.107. The molecule has 1 heterocycles. The highest BCUT2D eigenvalue weighted by Gasteiger charge is 2.59. The van der Waals surface area contributed by atoms with Crippen molar-refractivity contribution >= 4 is 41.5 Å². The van der Waals surface area contributed by atoms with Crippen LogP contribution in [0.3, 0.4) is 0 Å². The zero-order valence-electron chi connectivity index (χ0n) is 15.5. The summed E-state index contributed by atoms with van der Waals surface area (Å²) in [5.41, 5.74) is 1.33. The molecule has 0 bridgehead atoms. The van der Waals surface area contributed by atoms with Gasteiger partial charge in [0.2, 0.25) is 0 Å². The van der Waals surface area contributed by atoms with E-state index in [1.165, 1.54) is 5.56 Å². The Bertz CT molecular complexity index is 622. The van der Waals surface area contributed by atoms with E-state index in [9.17, 15) is 0 Å². The molecule has 0 spiro atoms. The van der Waals surface area contributed by atoms with Crippen LogP contribution in [0.25, 0.3) is 0 Å². The summed E-state index contributed by atoms with van der Waals surface area (Å²) < 4.78 is 5.90. The minimum absolute atomic E-state index is 0. The molecule has 3 rings (SSSR count). The highest BCUT2D eigenvalue weighted by atomic mass is 127. The Hall–Kier alpha value is -0.530. The van der Waals surface area contributed by atoms with Gasteiger partial charge < -0.3 is 15.0 Å². The number of ether oxygens (including phenoxy) is 1. The second kappa shape index (κ2) is 8.44. The van der Waals surface area contributed by atoms with Crippen molar-refractivity contribution in [1.82, 2.24) is 10.2 Å². The molecule has 0 radical (unpaired) electrons. The summed E-state index contributed by atoms with van der Waals surface area (Å²) in [4.78, 5) is 6.88. The molecule has 1 aliphatic carbocycles. The number of halogens is 2. The van der Waals surface area contributed by atoms with E-state index in [0.717, 1.165) is 37.1 Å². The van der Waals surface area contributed by atoms with E-state index in [1.54, 1.807) is 0 Å². The predicted molar refractivity (Wildman–Crippen MR) is 115 cm³/mol. The van der Waals surface area contributed by atoms with Gasteiger partial charge in [-0.2, -0.15) is 0 Å². The largest absolute Gasteiger partial charge is 0.377 e. The summed E-state index contributed by atoms with van der Waals surface area (Å²) in [6, 6.07) is 8.42. The first-order valence-electron chi connectivity index (χ1n) is 8.81. The molecule has 2 fully saturated rings. The van der Waals surface area contributed by atoms with Gasteiger partial charge in [0.05, 0.1) is 6.10 Å². The van der Waals surface area contributed by atoms with Gasteiger partial charge in [-0.05, 0) is 31.0 Å². The van der Waals surface area contributed by atoms with Crippen LogP contribution in [-0.4, -0.2) is 43.2 Å². The molecule has 4 nitrogen and oxygen atoms in total. The third-order valence-electron chi connectivity index (χ3n) is 5.36. The van der Waals surface area contributed by atoms with Gasteiger partial charge in [0.25, 0.3) is 0 Å². The normalized spacial score (nSPS) is 27.1. The fourth-order valence-corrected chi connectivity index (χ4v) is 4.38. The van der Waals surface area contributed by atoms with E-state index < -0.39 is 0 Å². The first kappa shape index (κ1) is 20.8. The van der Waals surface area contributed by atoms with Gasteiger partial charge in [-0.1, -0.05) is 37.6 Å². The Morgan fingerprint density at radius 2 is 2.20 bits per heavy atom. The average molecular weight is 478 g/mol. The molecule has 0 aromatic heterocycles. The van der Waals surface area contributed by atoms with Crippen LogP contribution in [-0.2, 0) is 11.3 Å². The molecule has 1 aliphatic heterocycles. The maximum atomic E-state index is 6.10. The second-order valence-electron chi connectivity index (χ2n) is 7.47. The van der Waals surface area contributed by atoms with Gasteiger partial charge in [-0.15, -0.1) is 24.0 Å². The van der Waals surface area contributed by atoms with Crippen molar-refractivity contribution in [3.05, 3.63) is 34.9 Å². The van der Waals surface area contributed by atoms with Gasteiger partial charge in [0, 0.05) is 49.1 Å². The fraction of sp³-hybridized carbons (Fsp3) is 0.632. The summed E-state index contributed by atoms with van der Waals surface area (Å²) in [6.07, 6.45) is 1.53. The SMILES string of the molecule is CCN=C(NC1C2CCOC2C1(C)C)N(C)Cc1cccc(Cl)c1.I. The number of fused-ring (bicyclic) bond motifs is 1. The Morgan fingerprint density at radius 1 is 1.44 bits per heavy atom. The Morgan fingerprint density at radius 3 is 2.88 bits per heavy atom. The number of aliphatic imine (C=N–C) groups is 1. The highest BCUT2D eigenvalue weighted by Crippen LogP contribution is 2.52. The number of nitrogens with zero attached hydrogens (tertiary/aromatic N) is 2. The van der Waals surface area contributed by atoms with Crippen LogP contribution in [0.1, 0.15) is 32.8 Å². The molecular weight excluding hydrogens is 449 g/mol. The number of benzene rings is 1. The van der Waals surface area contributed by atoms with Crippen molar-refractivity contribution < 1.29 is 4.74 Å². The van der Waals surface area contributed by atoms with Crippen LogP contribution in [0.15, 0.2) is 29.3 Å². The molecule has 1 aromatic rings. The molecule has 6 heteroatoms. The van der Waals surface area contributed by atoms with Crippen molar-refractivity contribution in [3.63, 3.8) is 0 Å². The van der Waals surface area contributed by atoms with E-state index in [-0.39, 0.29) is 29.4 Å². The Kier molecular flexibility index (Phi) is 7.01. The van der Waals surface area contributed by atoms with E-state index in [2.05, 4.69) is 44.1 Å². The van der Waals surface area contributed by atoms with Crippen molar-refractivity contribution in [1.29, 1.82) is 0 Å². The first-order valence-corrected chi connectivity index (χ1v) is 9.19. The molecule has 2 aliphatic rings. The summed E-state index contributed by atoms with van der Waals surface area (Å²) in [6.45, 7) is 9.08. The van der Waals surface area contributed by atoms with Crippen LogP contribution in [0, 0.1) is 11.3 Å². The second-order valence-corrected chi connectivity index (χ2v) is 7.91. The highest BCUT2D eigenvalue weighted by molar-refractivity contribution is 14.0. The molecule has 1 N–H and O–H groups in total. The Labute approximate surface area is 173 Å². The molecule has 1 saturated carbocycles. The smallest absolute Gasteiger partial charge is 0.194 e. The van der Waals surface area contributed by atoms with Crippen molar-refractivity contribution in [2.45, 2.75) is 45.9 Å². The van der Waals surface area contributed by atoms with Gasteiger partial charge in [0.15, 0.2) is 5.96 Å². The lowest BCUT2D eigenvalue weighted by Gasteiger charge is -2.55. The monoisotopic (exact) mass is 477 g/mol. The van der Waals surface area contributed by atoms with Crippen LogP contribution < -0.4 is 5.32 Å². The lowest BCUT2D eigenvalue weighted by atomic mass is 9.57. The zero-order valence-corrected chi connectivity index (χ0v) is 18.5. The number of hydrogen-bond donors (Lipinski definition) is 1. The number of guanidine groups is 1. The Balaban J connectivity index is 0.00000225. The fourth-order valence-electron chi connectivity index (χ4n) is 4.17. The van der Waals surface area contributed by atoms with Gasteiger partial charge in [-0.25, -0.2) is 0 Å². The number of rotatable bonds is 4. The number of nitrogens with one attached hydrogen (secondary N) is 1. The van der Waals surface area contributed by atoms with Crippen molar-refractivity contribution in [2.24, 2.45) is 16.3 Å². The minimum Gasteiger partial charge on any atom is -0.377 e. The topological polar surface area (TPSA) is 36.9 Å². The standard InChI is InChI=1S/C19H28ClN3O.HI/c1-5-21-18(23(4)12-13-7-6-8-14(20)11-13)22-16-15-9-10-24-17(15)19(16,2)3;/h6-8,11,15-17H,5,9-10,12H2,1-4H3,(H,21,22);1H. The number of hydrogen-bond acceptors (Lipinski definition) is 2. The summed E-state index contributed by atoms with van der Waals surface area (Å²) >= 11 is 6.10. The van der Waals surface area contributed by atoms with Gasteiger partial charge >= 0.3 is 0 Å². The van der Waals surface area contributed by atoms with E-state index >= 15 is 0 Å². The van der Waals surface area contributed by atoms with Crippen molar-refractivity contribution in [2.75, 3.05) is 20.2 Å². The molecule has 3 unspecified atom stereocenters. The zero-order chi connectivity index (χ0) is 17.3. The maximum absolute atomic E-state index is 6.10. The quantitative estimate of drug-likeness (QED) is 0.402. The van der Waals surface area contributed by atoms with E-state index in [4.69, 9.17) is 21.3 Å². The maximum Gasteiger partial charge on any atom is 0.194 e. The molecular formula is C19H29ClIN3O. The minimum atomic E-state index is 0. The molecule has 25 heavy (non-hydrogen) atoms. The van der Waals surface area contributed by atoms with Crippen LogP contribution in [0.5, 0.6) is 0 Å².